The molecule has 2 aliphatic heterocycles. The number of piperidine rings is 2. The highest BCUT2D eigenvalue weighted by Gasteiger charge is 2.28. The van der Waals surface area contributed by atoms with Crippen molar-refractivity contribution in [1.82, 2.24) is 8.61 Å². The van der Waals surface area contributed by atoms with E-state index in [0.29, 0.717) is 64.4 Å². The maximum absolute atomic E-state index is 13.0. The zero-order valence-electron chi connectivity index (χ0n) is 27.5. The molecule has 4 aromatic rings. The lowest BCUT2D eigenvalue weighted by Gasteiger charge is -2.26. The van der Waals surface area contributed by atoms with E-state index in [9.17, 15) is 26.4 Å². The molecule has 264 valence electrons. The second-order valence-electron chi connectivity index (χ2n) is 11.8. The molecule has 6 rings (SSSR count). The van der Waals surface area contributed by atoms with Crippen LogP contribution in [0.5, 0.6) is 0 Å². The van der Waals surface area contributed by atoms with Crippen LogP contribution in [0.1, 0.15) is 59.2 Å². The smallest absolute Gasteiger partial charge is 0.423 e. The van der Waals surface area contributed by atoms with Gasteiger partial charge in [0.2, 0.25) is 20.0 Å². The second-order valence-corrected chi connectivity index (χ2v) is 16.9. The lowest BCUT2D eigenvalue weighted by Crippen LogP contribution is -2.35. The van der Waals surface area contributed by atoms with Crippen molar-refractivity contribution in [3.63, 3.8) is 0 Å². The Morgan fingerprint density at radius 1 is 0.580 bits per heavy atom. The second kappa shape index (κ2) is 18.8. The Kier molecular flexibility index (Phi) is 14.9. The van der Waals surface area contributed by atoms with Crippen molar-refractivity contribution in [1.29, 1.82) is 0 Å². The Morgan fingerprint density at radius 3 is 1.52 bits per heavy atom. The summed E-state index contributed by atoms with van der Waals surface area (Å²) >= 11 is 2.17. The van der Waals surface area contributed by atoms with Crippen molar-refractivity contribution >= 4 is 67.8 Å². The zero-order valence-corrected chi connectivity index (χ0v) is 31.3. The molecule has 2 N–H and O–H groups in total. The fourth-order valence-electron chi connectivity index (χ4n) is 5.52. The van der Waals surface area contributed by atoms with Gasteiger partial charge in [0.15, 0.2) is 0 Å². The first kappa shape index (κ1) is 39.5. The molecule has 4 aromatic carbocycles. The molecule has 2 saturated heterocycles. The molecule has 0 spiro atoms. The highest BCUT2D eigenvalue weighted by atomic mass is 127. The maximum Gasteiger partial charge on any atom is 0.488 e. The molecule has 0 aliphatic carbocycles. The SMILES string of the molecule is O=Cc1ccc(-c2ccccc2S(=O)(=O)N2CCCCC2)cc1.O=Cc1ccc(B(O)O)cc1.O=S(=O)(c1ccc(I)cc1)N1CCCCC1. The number of rotatable bonds is 8. The van der Waals surface area contributed by atoms with Crippen LogP contribution in [0.2, 0.25) is 0 Å². The molecule has 2 aliphatic rings. The van der Waals surface area contributed by atoms with Crippen molar-refractivity contribution in [3.05, 3.63) is 112 Å². The molecule has 0 unspecified atom stereocenters. The van der Waals surface area contributed by atoms with E-state index in [4.69, 9.17) is 10.0 Å². The van der Waals surface area contributed by atoms with E-state index in [-0.39, 0.29) is 0 Å². The lowest BCUT2D eigenvalue weighted by atomic mass is 9.80. The third-order valence-corrected chi connectivity index (χ3v) is 12.9. The van der Waals surface area contributed by atoms with Gasteiger partial charge < -0.3 is 10.0 Å². The van der Waals surface area contributed by atoms with Crippen molar-refractivity contribution in [2.45, 2.75) is 48.3 Å². The van der Waals surface area contributed by atoms with E-state index in [0.717, 1.165) is 53.9 Å². The van der Waals surface area contributed by atoms with Gasteiger partial charge >= 0.3 is 7.12 Å². The van der Waals surface area contributed by atoms with Crippen LogP contribution < -0.4 is 5.46 Å². The molecular weight excluding hydrogens is 790 g/mol. The summed E-state index contributed by atoms with van der Waals surface area (Å²) in [5.74, 6) is 0. The quantitative estimate of drug-likeness (QED) is 0.144. The third kappa shape index (κ3) is 10.6. The first-order chi connectivity index (χ1) is 24.0. The Morgan fingerprint density at radius 2 is 1.04 bits per heavy atom. The highest BCUT2D eigenvalue weighted by molar-refractivity contribution is 14.1. The van der Waals surface area contributed by atoms with Crippen molar-refractivity contribution in [2.75, 3.05) is 26.2 Å². The van der Waals surface area contributed by atoms with Gasteiger partial charge in [-0.25, -0.2) is 16.8 Å². The molecule has 0 radical (unpaired) electrons. The van der Waals surface area contributed by atoms with Crippen LogP contribution >= 0.6 is 22.6 Å². The lowest BCUT2D eigenvalue weighted by molar-refractivity contribution is 0.111. The van der Waals surface area contributed by atoms with Gasteiger partial charge in [0, 0.05) is 46.4 Å². The molecule has 0 amide bonds. The summed E-state index contributed by atoms with van der Waals surface area (Å²) < 4.78 is 54.6. The minimum absolute atomic E-state index is 0.334. The fourth-order valence-corrected chi connectivity index (χ4v) is 9.13. The van der Waals surface area contributed by atoms with Crippen LogP contribution in [0.25, 0.3) is 11.1 Å². The summed E-state index contributed by atoms with van der Waals surface area (Å²) in [5, 5.41) is 17.3. The van der Waals surface area contributed by atoms with Gasteiger partial charge in [0.05, 0.1) is 9.79 Å². The highest BCUT2D eigenvalue weighted by Crippen LogP contribution is 2.31. The van der Waals surface area contributed by atoms with Crippen LogP contribution in [-0.2, 0) is 20.0 Å². The fraction of sp³-hybridized carbons (Fsp3) is 0.278. The van der Waals surface area contributed by atoms with Gasteiger partial charge in [-0.2, -0.15) is 8.61 Å². The number of nitrogens with zero attached hydrogens (tertiary/aromatic N) is 2. The van der Waals surface area contributed by atoms with Crippen molar-refractivity contribution in [3.8, 4) is 11.1 Å². The summed E-state index contributed by atoms with van der Waals surface area (Å²) in [7, 11) is -8.20. The number of carbonyl (C=O) groups is 2. The van der Waals surface area contributed by atoms with Gasteiger partial charge in [0.1, 0.15) is 12.6 Å². The van der Waals surface area contributed by atoms with Crippen LogP contribution in [0, 0.1) is 3.57 Å². The first-order valence-electron chi connectivity index (χ1n) is 16.3. The molecule has 2 fully saturated rings. The number of hydrogen-bond donors (Lipinski definition) is 2. The van der Waals surface area contributed by atoms with Gasteiger partial charge in [-0.15, -0.1) is 0 Å². The number of carbonyl (C=O) groups excluding carboxylic acids is 2. The molecule has 0 bridgehead atoms. The van der Waals surface area contributed by atoms with E-state index in [2.05, 4.69) is 22.6 Å². The van der Waals surface area contributed by atoms with Crippen molar-refractivity contribution in [2.24, 2.45) is 0 Å². The van der Waals surface area contributed by atoms with E-state index in [1.165, 1.54) is 24.3 Å². The Balaban J connectivity index is 0.000000181. The summed E-state index contributed by atoms with van der Waals surface area (Å²) in [6, 6.07) is 27.1. The topological polar surface area (TPSA) is 149 Å². The van der Waals surface area contributed by atoms with E-state index in [1.807, 2.05) is 24.3 Å². The summed E-state index contributed by atoms with van der Waals surface area (Å²) in [4.78, 5) is 21.7. The standard InChI is InChI=1S/C18H19NO3S.C11H14INO2S.C7H7BO3/c20-14-15-8-10-16(11-9-15)17-6-2-3-7-18(17)23(21,22)19-12-4-1-5-13-19;12-10-4-6-11(7-5-10)16(14,15)13-8-2-1-3-9-13;9-5-6-1-3-7(4-2-6)8(10)11/h2-3,6-11,14H,1,4-5,12-13H2;4-7H,1-3,8-9H2;1-5,10-11H. The van der Waals surface area contributed by atoms with Gasteiger partial charge in [-0.1, -0.05) is 79.6 Å². The minimum Gasteiger partial charge on any atom is -0.423 e. The molecule has 0 aromatic heterocycles. The molecular formula is C36H40BIN2O8S2. The molecule has 10 nitrogen and oxygen atoms in total. The average Bonchev–Trinajstić information content (AvgIpc) is 3.16. The average molecular weight is 831 g/mol. The molecule has 0 atom stereocenters. The third-order valence-electron chi connectivity index (χ3n) is 8.31. The van der Waals surface area contributed by atoms with Gasteiger partial charge in [0.25, 0.3) is 0 Å². The Labute approximate surface area is 308 Å². The molecule has 50 heavy (non-hydrogen) atoms. The Hall–Kier alpha value is -3.25. The van der Waals surface area contributed by atoms with E-state index < -0.39 is 27.2 Å². The minimum atomic E-state index is -3.49. The molecule has 14 heteroatoms. The molecule has 2 heterocycles. The zero-order chi connectivity index (χ0) is 36.1. The largest absolute Gasteiger partial charge is 0.488 e. The predicted octanol–water partition coefficient (Wildman–Crippen LogP) is 4.99. The van der Waals surface area contributed by atoms with E-state index in [1.54, 1.807) is 57.1 Å². The van der Waals surface area contributed by atoms with Crippen LogP contribution in [0.15, 0.2) is 107 Å². The molecule has 0 saturated carbocycles. The first-order valence-corrected chi connectivity index (χ1v) is 20.2. The van der Waals surface area contributed by atoms with Crippen LogP contribution in [-0.4, -0.2) is 81.4 Å². The summed E-state index contributed by atoms with van der Waals surface area (Å²) in [6.07, 6.45) is 7.48. The number of aldehydes is 2. The van der Waals surface area contributed by atoms with Crippen LogP contribution in [0.3, 0.4) is 0 Å². The number of benzene rings is 4. The maximum atomic E-state index is 13.0. The van der Waals surface area contributed by atoms with Crippen LogP contribution in [0.4, 0.5) is 0 Å². The number of sulfonamides is 2. The Bertz CT molecular complexity index is 1910. The number of halogens is 1. The van der Waals surface area contributed by atoms with Gasteiger partial charge in [-0.3, -0.25) is 9.59 Å². The number of hydrogen-bond acceptors (Lipinski definition) is 8. The van der Waals surface area contributed by atoms with E-state index >= 15 is 0 Å². The predicted molar refractivity (Wildman–Crippen MR) is 203 cm³/mol. The summed E-state index contributed by atoms with van der Waals surface area (Å²) in [5.41, 5.74) is 2.96. The summed E-state index contributed by atoms with van der Waals surface area (Å²) in [6.45, 7) is 2.49. The monoisotopic (exact) mass is 830 g/mol. The van der Waals surface area contributed by atoms with Crippen molar-refractivity contribution < 1.29 is 36.5 Å². The normalized spacial score (nSPS) is 15.4. The van der Waals surface area contributed by atoms with Gasteiger partial charge in [-0.05, 0) is 89.6 Å².